The van der Waals surface area contributed by atoms with Crippen molar-refractivity contribution in [3.63, 3.8) is 0 Å². The van der Waals surface area contributed by atoms with E-state index in [1.54, 1.807) is 0 Å². The summed E-state index contributed by atoms with van der Waals surface area (Å²) in [5, 5.41) is 0. The minimum atomic E-state index is 0.360. The Bertz CT molecular complexity index is 102. The summed E-state index contributed by atoms with van der Waals surface area (Å²) >= 11 is 6.00. The Kier molecular flexibility index (Phi) is 7.78. The van der Waals surface area contributed by atoms with Gasteiger partial charge in [0, 0.05) is 19.1 Å². The van der Waals surface area contributed by atoms with E-state index in [0.717, 1.165) is 25.5 Å². The second-order valence-corrected chi connectivity index (χ2v) is 3.91. The predicted octanol–water partition coefficient (Wildman–Crippen LogP) is 3.85. The molecule has 0 heterocycles. The number of ether oxygens (including phenoxy) is 1. The molecule has 0 unspecified atom stereocenters. The molecule has 0 saturated carbocycles. The van der Waals surface area contributed by atoms with Gasteiger partial charge in [0.05, 0.1) is 0 Å². The lowest BCUT2D eigenvalue weighted by Crippen LogP contribution is -2.21. The Labute approximate surface area is 87.8 Å². The van der Waals surface area contributed by atoms with Gasteiger partial charge in [-0.1, -0.05) is 13.8 Å². The van der Waals surface area contributed by atoms with Gasteiger partial charge in [-0.2, -0.15) is 0 Å². The Hall–Kier alpha value is 0.250. The van der Waals surface area contributed by atoms with Gasteiger partial charge in [0.25, 0.3) is 0 Å². The third-order valence-corrected chi connectivity index (χ3v) is 3.55. The van der Waals surface area contributed by atoms with Crippen molar-refractivity contribution in [1.29, 1.82) is 0 Å². The highest BCUT2D eigenvalue weighted by Gasteiger charge is 2.23. The van der Waals surface area contributed by atoms with Crippen LogP contribution in [-0.4, -0.2) is 19.1 Å². The molecule has 0 radical (unpaired) electrons. The Balaban J connectivity index is 3.68. The highest BCUT2D eigenvalue weighted by atomic mass is 35.5. The molecular weight excluding hydrogens is 184 g/mol. The molecule has 0 saturated heterocycles. The first kappa shape index (κ1) is 13.2. The van der Waals surface area contributed by atoms with E-state index in [2.05, 4.69) is 13.8 Å². The van der Waals surface area contributed by atoms with Gasteiger partial charge in [-0.05, 0) is 38.0 Å². The zero-order valence-electron chi connectivity index (χ0n) is 9.24. The molecular formula is C11H23ClO. The van der Waals surface area contributed by atoms with Crippen molar-refractivity contribution in [1.82, 2.24) is 0 Å². The quantitative estimate of drug-likeness (QED) is 0.433. The number of hydrogen-bond donors (Lipinski definition) is 0. The summed E-state index contributed by atoms with van der Waals surface area (Å²) < 4.78 is 5.32. The van der Waals surface area contributed by atoms with Crippen LogP contribution in [0.5, 0.6) is 0 Å². The average Bonchev–Trinajstić information content (AvgIpc) is 2.20. The molecule has 0 fully saturated rings. The zero-order valence-corrected chi connectivity index (χ0v) is 9.99. The second kappa shape index (κ2) is 7.64. The summed E-state index contributed by atoms with van der Waals surface area (Å²) in [5.41, 5.74) is 0.360. The van der Waals surface area contributed by atoms with Gasteiger partial charge in [0.1, 0.15) is 0 Å². The molecule has 13 heavy (non-hydrogen) atoms. The predicted molar refractivity (Wildman–Crippen MR) is 59.5 cm³/mol. The molecule has 0 rings (SSSR count). The molecule has 0 aromatic rings. The molecule has 0 aromatic heterocycles. The van der Waals surface area contributed by atoms with Crippen molar-refractivity contribution in [3.05, 3.63) is 0 Å². The van der Waals surface area contributed by atoms with E-state index < -0.39 is 0 Å². The molecule has 0 N–H and O–H groups in total. The topological polar surface area (TPSA) is 9.23 Å². The molecule has 0 spiro atoms. The third-order valence-electron chi connectivity index (χ3n) is 2.98. The first-order valence-electron chi connectivity index (χ1n) is 5.38. The van der Waals surface area contributed by atoms with Crippen molar-refractivity contribution < 1.29 is 4.74 Å². The molecule has 0 aromatic carbocycles. The summed E-state index contributed by atoms with van der Waals surface area (Å²) in [6.45, 7) is 8.20. The van der Waals surface area contributed by atoms with E-state index in [-0.39, 0.29) is 0 Å². The number of hydrogen-bond acceptors (Lipinski definition) is 1. The van der Waals surface area contributed by atoms with Crippen molar-refractivity contribution in [2.75, 3.05) is 19.1 Å². The average molecular weight is 207 g/mol. The molecule has 1 nitrogen and oxygen atoms in total. The number of halogens is 1. The van der Waals surface area contributed by atoms with E-state index >= 15 is 0 Å². The molecule has 0 atom stereocenters. The third kappa shape index (κ3) is 4.87. The molecule has 80 valence electrons. The van der Waals surface area contributed by atoms with Crippen molar-refractivity contribution in [2.24, 2.45) is 5.41 Å². The number of rotatable bonds is 8. The monoisotopic (exact) mass is 206 g/mol. The van der Waals surface area contributed by atoms with E-state index in [1.807, 2.05) is 6.92 Å². The lowest BCUT2D eigenvalue weighted by molar-refractivity contribution is 0.128. The maximum Gasteiger partial charge on any atom is 0.0466 e. The van der Waals surface area contributed by atoms with Crippen LogP contribution in [0.15, 0.2) is 0 Å². The summed E-state index contributed by atoms with van der Waals surface area (Å²) in [4.78, 5) is 0. The van der Waals surface area contributed by atoms with Gasteiger partial charge in [-0.15, -0.1) is 11.6 Å². The molecule has 0 aliphatic rings. The smallest absolute Gasteiger partial charge is 0.0466 e. The van der Waals surface area contributed by atoms with Gasteiger partial charge in [0.2, 0.25) is 0 Å². The summed E-state index contributed by atoms with van der Waals surface area (Å²) in [6, 6.07) is 0. The first-order chi connectivity index (χ1) is 6.24. The van der Waals surface area contributed by atoms with Crippen molar-refractivity contribution >= 4 is 11.6 Å². The lowest BCUT2D eigenvalue weighted by Gasteiger charge is -2.29. The van der Waals surface area contributed by atoms with Crippen LogP contribution >= 0.6 is 11.6 Å². The fraction of sp³-hybridized carbons (Fsp3) is 1.00. The van der Waals surface area contributed by atoms with Crippen LogP contribution in [0.3, 0.4) is 0 Å². The largest absolute Gasteiger partial charge is 0.382 e. The van der Waals surface area contributed by atoms with Crippen LogP contribution in [0.25, 0.3) is 0 Å². The van der Waals surface area contributed by atoms with E-state index in [9.17, 15) is 0 Å². The maximum atomic E-state index is 6.00. The summed E-state index contributed by atoms with van der Waals surface area (Å²) in [5.74, 6) is 0.784. The van der Waals surface area contributed by atoms with Gasteiger partial charge in [-0.3, -0.25) is 0 Å². The van der Waals surface area contributed by atoms with E-state index in [1.165, 1.54) is 19.3 Å². The molecule has 0 amide bonds. The maximum absolute atomic E-state index is 6.00. The van der Waals surface area contributed by atoms with E-state index in [4.69, 9.17) is 16.3 Å². The molecule has 0 bridgehead atoms. The van der Waals surface area contributed by atoms with Crippen LogP contribution < -0.4 is 0 Å². The van der Waals surface area contributed by atoms with Crippen molar-refractivity contribution in [3.8, 4) is 0 Å². The van der Waals surface area contributed by atoms with Gasteiger partial charge in [-0.25, -0.2) is 0 Å². The van der Waals surface area contributed by atoms with E-state index in [0.29, 0.717) is 5.41 Å². The van der Waals surface area contributed by atoms with Crippen molar-refractivity contribution in [2.45, 2.75) is 46.5 Å². The second-order valence-electron chi connectivity index (χ2n) is 3.64. The number of alkyl halides is 1. The van der Waals surface area contributed by atoms with Crippen LogP contribution in [-0.2, 0) is 4.74 Å². The molecule has 2 heteroatoms. The Morgan fingerprint density at radius 3 is 2.15 bits per heavy atom. The van der Waals surface area contributed by atoms with Gasteiger partial charge < -0.3 is 4.74 Å². The fourth-order valence-electron chi connectivity index (χ4n) is 1.55. The molecule has 0 aliphatic carbocycles. The zero-order chi connectivity index (χ0) is 10.2. The SMILES string of the molecule is CCOCCCC(CC)(CC)CCl. The highest BCUT2D eigenvalue weighted by molar-refractivity contribution is 6.18. The van der Waals surface area contributed by atoms with Crippen LogP contribution in [0.4, 0.5) is 0 Å². The standard InChI is InChI=1S/C11H23ClO/c1-4-11(5-2,10-12)8-7-9-13-6-3/h4-10H2,1-3H3. The Morgan fingerprint density at radius 2 is 1.77 bits per heavy atom. The van der Waals surface area contributed by atoms with Gasteiger partial charge in [0.15, 0.2) is 0 Å². The summed E-state index contributed by atoms with van der Waals surface area (Å²) in [7, 11) is 0. The minimum absolute atomic E-state index is 0.360. The fourth-order valence-corrected chi connectivity index (χ4v) is 2.06. The highest BCUT2D eigenvalue weighted by Crippen LogP contribution is 2.33. The normalized spacial score (nSPS) is 12.0. The van der Waals surface area contributed by atoms with Gasteiger partial charge >= 0.3 is 0 Å². The lowest BCUT2D eigenvalue weighted by atomic mass is 9.80. The first-order valence-corrected chi connectivity index (χ1v) is 5.91. The van der Waals surface area contributed by atoms with Crippen LogP contribution in [0.1, 0.15) is 46.5 Å². The molecule has 0 aliphatic heterocycles. The van der Waals surface area contributed by atoms with Crippen LogP contribution in [0.2, 0.25) is 0 Å². The summed E-state index contributed by atoms with van der Waals surface area (Å²) in [6.07, 6.45) is 4.70. The van der Waals surface area contributed by atoms with Crippen LogP contribution in [0, 0.1) is 5.41 Å². The minimum Gasteiger partial charge on any atom is -0.382 e. The Morgan fingerprint density at radius 1 is 1.15 bits per heavy atom.